The van der Waals surface area contributed by atoms with E-state index < -0.39 is 0 Å². The first-order valence-electron chi connectivity index (χ1n) is 8.12. The lowest BCUT2D eigenvalue weighted by molar-refractivity contribution is -0.121. The SMILES string of the molecule is CCCCN(CCC(=O)NCCC)C(=O)c1cc(C)oc1C. The third kappa shape index (κ3) is 5.54. The Morgan fingerprint density at radius 3 is 2.45 bits per heavy atom. The number of rotatable bonds is 9. The van der Waals surface area contributed by atoms with E-state index in [-0.39, 0.29) is 11.8 Å². The van der Waals surface area contributed by atoms with Gasteiger partial charge in [-0.2, -0.15) is 0 Å². The van der Waals surface area contributed by atoms with Gasteiger partial charge in [-0.1, -0.05) is 20.3 Å². The van der Waals surface area contributed by atoms with Crippen molar-refractivity contribution in [2.75, 3.05) is 19.6 Å². The molecule has 1 aromatic heterocycles. The van der Waals surface area contributed by atoms with Crippen molar-refractivity contribution in [1.82, 2.24) is 10.2 Å². The molecule has 1 N–H and O–H groups in total. The minimum Gasteiger partial charge on any atom is -0.466 e. The number of furan rings is 1. The average Bonchev–Trinajstić information content (AvgIpc) is 2.83. The number of hydrogen-bond acceptors (Lipinski definition) is 3. The molecule has 0 aliphatic rings. The second kappa shape index (κ2) is 9.28. The summed E-state index contributed by atoms with van der Waals surface area (Å²) < 4.78 is 5.44. The van der Waals surface area contributed by atoms with E-state index in [1.54, 1.807) is 17.9 Å². The van der Waals surface area contributed by atoms with Crippen LogP contribution in [0.5, 0.6) is 0 Å². The van der Waals surface area contributed by atoms with Crippen LogP contribution in [-0.4, -0.2) is 36.3 Å². The number of amides is 2. The van der Waals surface area contributed by atoms with Gasteiger partial charge in [0.05, 0.1) is 5.56 Å². The highest BCUT2D eigenvalue weighted by atomic mass is 16.3. The van der Waals surface area contributed by atoms with Crippen LogP contribution in [0.4, 0.5) is 0 Å². The number of aryl methyl sites for hydroxylation is 2. The Hall–Kier alpha value is -1.78. The highest BCUT2D eigenvalue weighted by Crippen LogP contribution is 2.16. The summed E-state index contributed by atoms with van der Waals surface area (Å²) in [5.41, 5.74) is 0.600. The average molecular weight is 308 g/mol. The first-order valence-corrected chi connectivity index (χ1v) is 8.12. The van der Waals surface area contributed by atoms with Crippen molar-refractivity contribution in [3.63, 3.8) is 0 Å². The molecule has 0 aromatic carbocycles. The minimum absolute atomic E-state index is 0.00348. The van der Waals surface area contributed by atoms with Crippen LogP contribution in [0.3, 0.4) is 0 Å². The predicted octanol–water partition coefficient (Wildman–Crippen LogP) is 3.06. The standard InChI is InChI=1S/C17H28N2O3/c1-5-7-10-19(11-8-16(20)18-9-6-2)17(21)15-12-13(3)22-14(15)4/h12H,5-11H2,1-4H3,(H,18,20). The van der Waals surface area contributed by atoms with E-state index in [4.69, 9.17) is 4.42 Å². The van der Waals surface area contributed by atoms with E-state index in [0.29, 0.717) is 37.4 Å². The van der Waals surface area contributed by atoms with Crippen LogP contribution in [0.25, 0.3) is 0 Å². The van der Waals surface area contributed by atoms with Gasteiger partial charge >= 0.3 is 0 Å². The summed E-state index contributed by atoms with van der Waals surface area (Å²) in [4.78, 5) is 26.1. The van der Waals surface area contributed by atoms with Crippen molar-refractivity contribution in [2.24, 2.45) is 0 Å². The zero-order valence-electron chi connectivity index (χ0n) is 14.2. The first kappa shape index (κ1) is 18.3. The second-order valence-electron chi connectivity index (χ2n) is 5.57. The summed E-state index contributed by atoms with van der Waals surface area (Å²) in [6.45, 7) is 9.52. The monoisotopic (exact) mass is 308 g/mol. The van der Waals surface area contributed by atoms with Gasteiger partial charge in [-0.05, 0) is 32.8 Å². The molecule has 0 spiro atoms. The van der Waals surface area contributed by atoms with Gasteiger partial charge in [0, 0.05) is 26.1 Å². The first-order chi connectivity index (χ1) is 10.5. The Balaban J connectivity index is 2.68. The quantitative estimate of drug-likeness (QED) is 0.762. The molecule has 1 rings (SSSR count). The summed E-state index contributed by atoms with van der Waals surface area (Å²) in [5, 5.41) is 2.84. The number of nitrogens with zero attached hydrogens (tertiary/aromatic N) is 1. The molecule has 0 atom stereocenters. The minimum atomic E-state index is -0.0499. The topological polar surface area (TPSA) is 62.6 Å². The molecule has 0 fully saturated rings. The lowest BCUT2D eigenvalue weighted by Crippen LogP contribution is -2.36. The summed E-state index contributed by atoms with van der Waals surface area (Å²) >= 11 is 0. The molecule has 1 aromatic rings. The lowest BCUT2D eigenvalue weighted by Gasteiger charge is -2.22. The second-order valence-corrected chi connectivity index (χ2v) is 5.57. The highest BCUT2D eigenvalue weighted by molar-refractivity contribution is 5.95. The molecule has 0 saturated heterocycles. The van der Waals surface area contributed by atoms with Gasteiger partial charge in [-0.25, -0.2) is 0 Å². The Bertz CT molecular complexity index is 494. The molecule has 0 aliphatic carbocycles. The molecular formula is C17H28N2O3. The molecule has 0 aliphatic heterocycles. The fraction of sp³-hybridized carbons (Fsp3) is 0.647. The van der Waals surface area contributed by atoms with E-state index in [1.165, 1.54) is 0 Å². The van der Waals surface area contributed by atoms with Crippen LogP contribution in [0.2, 0.25) is 0 Å². The van der Waals surface area contributed by atoms with Crippen molar-refractivity contribution in [2.45, 2.75) is 53.4 Å². The maximum atomic E-state index is 12.6. The van der Waals surface area contributed by atoms with Crippen LogP contribution in [-0.2, 0) is 4.79 Å². The molecule has 0 unspecified atom stereocenters. The van der Waals surface area contributed by atoms with Gasteiger partial charge in [0.1, 0.15) is 11.5 Å². The molecule has 124 valence electrons. The van der Waals surface area contributed by atoms with Gasteiger partial charge in [-0.3, -0.25) is 9.59 Å². The largest absolute Gasteiger partial charge is 0.466 e. The van der Waals surface area contributed by atoms with Gasteiger partial charge in [-0.15, -0.1) is 0 Å². The van der Waals surface area contributed by atoms with Crippen molar-refractivity contribution < 1.29 is 14.0 Å². The Morgan fingerprint density at radius 2 is 1.91 bits per heavy atom. The van der Waals surface area contributed by atoms with Crippen LogP contribution in [0.1, 0.15) is 61.4 Å². The number of nitrogens with one attached hydrogen (secondary N) is 1. The van der Waals surface area contributed by atoms with Gasteiger partial charge < -0.3 is 14.6 Å². The molecule has 2 amide bonds. The lowest BCUT2D eigenvalue weighted by atomic mass is 10.2. The Labute approximate surface area is 133 Å². The van der Waals surface area contributed by atoms with Crippen molar-refractivity contribution >= 4 is 11.8 Å². The predicted molar refractivity (Wildman–Crippen MR) is 86.9 cm³/mol. The maximum Gasteiger partial charge on any atom is 0.257 e. The summed E-state index contributed by atoms with van der Waals surface area (Å²) in [6, 6.07) is 1.77. The maximum absolute atomic E-state index is 12.6. The Morgan fingerprint density at radius 1 is 1.18 bits per heavy atom. The summed E-state index contributed by atoms with van der Waals surface area (Å²) in [7, 11) is 0. The van der Waals surface area contributed by atoms with Crippen LogP contribution < -0.4 is 5.32 Å². The van der Waals surface area contributed by atoms with E-state index >= 15 is 0 Å². The van der Waals surface area contributed by atoms with Crippen molar-refractivity contribution in [3.8, 4) is 0 Å². The molecule has 22 heavy (non-hydrogen) atoms. The van der Waals surface area contributed by atoms with Crippen molar-refractivity contribution in [3.05, 3.63) is 23.2 Å². The van der Waals surface area contributed by atoms with Crippen LogP contribution >= 0.6 is 0 Å². The smallest absolute Gasteiger partial charge is 0.257 e. The summed E-state index contributed by atoms with van der Waals surface area (Å²) in [6.07, 6.45) is 3.19. The zero-order valence-corrected chi connectivity index (χ0v) is 14.2. The molecule has 5 nitrogen and oxygen atoms in total. The third-order valence-corrected chi connectivity index (χ3v) is 3.52. The molecular weight excluding hydrogens is 280 g/mol. The molecule has 0 saturated carbocycles. The number of carbonyl (C=O) groups is 2. The normalized spacial score (nSPS) is 10.5. The van der Waals surface area contributed by atoms with Gasteiger partial charge in [0.15, 0.2) is 0 Å². The van der Waals surface area contributed by atoms with E-state index in [9.17, 15) is 9.59 Å². The number of hydrogen-bond donors (Lipinski definition) is 1. The fourth-order valence-corrected chi connectivity index (χ4v) is 2.27. The molecule has 5 heteroatoms. The highest BCUT2D eigenvalue weighted by Gasteiger charge is 2.20. The summed E-state index contributed by atoms with van der Waals surface area (Å²) in [5.74, 6) is 1.32. The zero-order chi connectivity index (χ0) is 16.5. The Kier molecular flexibility index (Phi) is 7.71. The molecule has 0 bridgehead atoms. The third-order valence-electron chi connectivity index (χ3n) is 3.52. The number of carbonyl (C=O) groups excluding carboxylic acids is 2. The van der Waals surface area contributed by atoms with E-state index in [2.05, 4.69) is 12.2 Å². The van der Waals surface area contributed by atoms with E-state index in [0.717, 1.165) is 25.0 Å². The van der Waals surface area contributed by atoms with Gasteiger partial charge in [0.2, 0.25) is 5.91 Å². The number of unbranched alkanes of at least 4 members (excludes halogenated alkanes) is 1. The fourth-order valence-electron chi connectivity index (χ4n) is 2.27. The van der Waals surface area contributed by atoms with Crippen molar-refractivity contribution in [1.29, 1.82) is 0 Å². The molecule has 1 heterocycles. The van der Waals surface area contributed by atoms with Gasteiger partial charge in [0.25, 0.3) is 5.91 Å². The van der Waals surface area contributed by atoms with Crippen LogP contribution in [0.15, 0.2) is 10.5 Å². The molecule has 0 radical (unpaired) electrons. The van der Waals surface area contributed by atoms with E-state index in [1.807, 2.05) is 13.8 Å². The van der Waals surface area contributed by atoms with Crippen LogP contribution in [0, 0.1) is 13.8 Å².